The molecule has 0 spiro atoms. The maximum absolute atomic E-state index is 12.0. The molecule has 0 aromatic rings. The van der Waals surface area contributed by atoms with E-state index in [9.17, 15) is 18.0 Å². The molecule has 0 saturated carbocycles. The van der Waals surface area contributed by atoms with E-state index in [0.717, 1.165) is 0 Å². The van der Waals surface area contributed by atoms with Crippen LogP contribution in [-0.4, -0.2) is 81.2 Å². The predicted molar refractivity (Wildman–Crippen MR) is 80.3 cm³/mol. The van der Waals surface area contributed by atoms with Gasteiger partial charge < -0.3 is 19.9 Å². The first-order chi connectivity index (χ1) is 10.4. The zero-order valence-corrected chi connectivity index (χ0v) is 13.6. The van der Waals surface area contributed by atoms with Crippen molar-refractivity contribution in [3.8, 4) is 0 Å². The lowest BCUT2D eigenvalue weighted by Crippen LogP contribution is -2.53. The van der Waals surface area contributed by atoms with Gasteiger partial charge >= 0.3 is 12.1 Å². The summed E-state index contributed by atoms with van der Waals surface area (Å²) in [6, 6.07) is -0.201. The van der Waals surface area contributed by atoms with Crippen LogP contribution in [-0.2, 0) is 14.6 Å². The minimum atomic E-state index is -2.91. The van der Waals surface area contributed by atoms with E-state index in [-0.39, 0.29) is 29.5 Å². The maximum atomic E-state index is 12.0. The summed E-state index contributed by atoms with van der Waals surface area (Å²) in [6.45, 7) is 4.28. The van der Waals surface area contributed by atoms with Crippen LogP contribution < -0.4 is 5.32 Å². The quantitative estimate of drug-likeness (QED) is 0.778. The van der Waals surface area contributed by atoms with E-state index < -0.39 is 9.84 Å². The molecular weight excluding hydrogens is 310 g/mol. The molecule has 2 saturated heterocycles. The molecule has 3 amide bonds. The first-order valence-electron chi connectivity index (χ1n) is 7.56. The Kier molecular flexibility index (Phi) is 5.49. The van der Waals surface area contributed by atoms with Crippen molar-refractivity contribution in [1.29, 1.82) is 0 Å². The van der Waals surface area contributed by atoms with Crippen LogP contribution in [0.1, 0.15) is 13.3 Å². The molecule has 2 heterocycles. The number of nitrogens with one attached hydrogen (secondary N) is 1. The number of carbonyl (C=O) groups is 2. The number of hydrogen-bond acceptors (Lipinski definition) is 5. The van der Waals surface area contributed by atoms with Crippen LogP contribution >= 0.6 is 0 Å². The topological polar surface area (TPSA) is 96.0 Å². The van der Waals surface area contributed by atoms with Gasteiger partial charge in [0.25, 0.3) is 0 Å². The van der Waals surface area contributed by atoms with Gasteiger partial charge in [-0.05, 0) is 19.3 Å². The number of carbonyl (C=O) groups excluding carboxylic acids is 2. The summed E-state index contributed by atoms with van der Waals surface area (Å²) in [4.78, 5) is 26.8. The number of ether oxygens (including phenoxy) is 1. The highest BCUT2D eigenvalue weighted by Crippen LogP contribution is 2.17. The van der Waals surface area contributed by atoms with Gasteiger partial charge in [-0.2, -0.15) is 0 Å². The average Bonchev–Trinajstić information content (AvgIpc) is 2.84. The Hall–Kier alpha value is -1.51. The third kappa shape index (κ3) is 4.49. The van der Waals surface area contributed by atoms with Gasteiger partial charge in [0, 0.05) is 32.7 Å². The molecule has 8 nitrogen and oxygen atoms in total. The van der Waals surface area contributed by atoms with Gasteiger partial charge in [0.05, 0.1) is 18.1 Å². The van der Waals surface area contributed by atoms with Crippen LogP contribution in [0, 0.1) is 5.92 Å². The average molecular weight is 333 g/mol. The molecule has 9 heteroatoms. The van der Waals surface area contributed by atoms with Crippen molar-refractivity contribution >= 4 is 22.0 Å². The second kappa shape index (κ2) is 7.17. The van der Waals surface area contributed by atoms with E-state index in [0.29, 0.717) is 45.8 Å². The van der Waals surface area contributed by atoms with Gasteiger partial charge in [-0.25, -0.2) is 18.0 Å². The van der Waals surface area contributed by atoms with Crippen molar-refractivity contribution in [1.82, 2.24) is 15.1 Å². The lowest BCUT2D eigenvalue weighted by molar-refractivity contribution is 0.0851. The first-order valence-corrected chi connectivity index (χ1v) is 9.38. The summed E-state index contributed by atoms with van der Waals surface area (Å²) in [6.07, 6.45) is 0.262. The van der Waals surface area contributed by atoms with Gasteiger partial charge in [-0.3, -0.25) is 0 Å². The minimum Gasteiger partial charge on any atom is -0.450 e. The Balaban J connectivity index is 1.70. The molecular formula is C13H23N3O5S. The molecule has 1 N–H and O–H groups in total. The third-order valence-electron chi connectivity index (χ3n) is 3.96. The molecule has 0 aromatic heterocycles. The van der Waals surface area contributed by atoms with E-state index in [1.807, 2.05) is 0 Å². The lowest BCUT2D eigenvalue weighted by atomic mass is 10.1. The molecule has 126 valence electrons. The SMILES string of the molecule is CCOC(=O)N1CCN(C(=O)NCC2CCS(=O)(=O)C2)CC1. The van der Waals surface area contributed by atoms with Crippen molar-refractivity contribution < 1.29 is 22.7 Å². The standard InChI is InChI=1S/C13H23N3O5S/c1-2-21-13(18)16-6-4-15(5-7-16)12(17)14-9-11-3-8-22(19,20)10-11/h11H,2-10H2,1H3,(H,14,17). The lowest BCUT2D eigenvalue weighted by Gasteiger charge is -2.34. The smallest absolute Gasteiger partial charge is 0.409 e. The van der Waals surface area contributed by atoms with Gasteiger partial charge in [0.2, 0.25) is 0 Å². The number of nitrogens with zero attached hydrogens (tertiary/aromatic N) is 2. The fourth-order valence-electron chi connectivity index (χ4n) is 2.68. The zero-order chi connectivity index (χ0) is 16.2. The Morgan fingerprint density at radius 3 is 2.36 bits per heavy atom. The number of sulfone groups is 1. The molecule has 0 radical (unpaired) electrons. The molecule has 2 aliphatic heterocycles. The van der Waals surface area contributed by atoms with Gasteiger partial charge in [-0.15, -0.1) is 0 Å². The summed E-state index contributed by atoms with van der Waals surface area (Å²) in [5, 5.41) is 2.79. The molecule has 2 aliphatic rings. The molecule has 1 atom stereocenters. The van der Waals surface area contributed by atoms with E-state index >= 15 is 0 Å². The molecule has 2 fully saturated rings. The highest BCUT2D eigenvalue weighted by molar-refractivity contribution is 7.91. The normalized spacial score (nSPS) is 24.1. The van der Waals surface area contributed by atoms with Crippen LogP contribution in [0.25, 0.3) is 0 Å². The summed E-state index contributed by atoms with van der Waals surface area (Å²) in [5.74, 6) is 0.380. The maximum Gasteiger partial charge on any atom is 0.409 e. The second-order valence-electron chi connectivity index (χ2n) is 5.63. The Morgan fingerprint density at radius 1 is 1.18 bits per heavy atom. The van der Waals surface area contributed by atoms with Crippen LogP contribution in [0.15, 0.2) is 0 Å². The fraction of sp³-hybridized carbons (Fsp3) is 0.846. The summed E-state index contributed by atoms with van der Waals surface area (Å²) in [7, 11) is -2.91. The molecule has 0 aromatic carbocycles. The van der Waals surface area contributed by atoms with Crippen LogP contribution in [0.2, 0.25) is 0 Å². The van der Waals surface area contributed by atoms with Crippen molar-refractivity contribution in [2.24, 2.45) is 5.92 Å². The van der Waals surface area contributed by atoms with E-state index in [1.54, 1.807) is 16.7 Å². The van der Waals surface area contributed by atoms with Crippen molar-refractivity contribution in [2.45, 2.75) is 13.3 Å². The van der Waals surface area contributed by atoms with E-state index in [4.69, 9.17) is 4.74 Å². The minimum absolute atomic E-state index is 0.00905. The van der Waals surface area contributed by atoms with Crippen LogP contribution in [0.4, 0.5) is 9.59 Å². The summed E-state index contributed by atoms with van der Waals surface area (Å²) in [5.41, 5.74) is 0. The molecule has 2 rings (SSSR count). The van der Waals surface area contributed by atoms with Crippen molar-refractivity contribution in [3.05, 3.63) is 0 Å². The third-order valence-corrected chi connectivity index (χ3v) is 5.80. The highest BCUT2D eigenvalue weighted by Gasteiger charge is 2.29. The Bertz CT molecular complexity index is 514. The second-order valence-corrected chi connectivity index (χ2v) is 7.86. The van der Waals surface area contributed by atoms with E-state index in [1.165, 1.54) is 0 Å². The monoisotopic (exact) mass is 333 g/mol. The molecule has 1 unspecified atom stereocenters. The van der Waals surface area contributed by atoms with Gasteiger partial charge in [0.1, 0.15) is 0 Å². The van der Waals surface area contributed by atoms with Crippen LogP contribution in [0.5, 0.6) is 0 Å². The van der Waals surface area contributed by atoms with Gasteiger partial charge in [-0.1, -0.05) is 0 Å². The number of rotatable bonds is 3. The molecule has 22 heavy (non-hydrogen) atoms. The number of urea groups is 1. The van der Waals surface area contributed by atoms with Crippen LogP contribution in [0.3, 0.4) is 0 Å². The summed E-state index contributed by atoms with van der Waals surface area (Å²) >= 11 is 0. The number of piperazine rings is 1. The summed E-state index contributed by atoms with van der Waals surface area (Å²) < 4.78 is 27.7. The first kappa shape index (κ1) is 16.9. The van der Waals surface area contributed by atoms with Crippen molar-refractivity contribution in [2.75, 3.05) is 50.8 Å². The number of hydrogen-bond donors (Lipinski definition) is 1. The largest absolute Gasteiger partial charge is 0.450 e. The van der Waals surface area contributed by atoms with Crippen molar-refractivity contribution in [3.63, 3.8) is 0 Å². The fourth-order valence-corrected chi connectivity index (χ4v) is 4.55. The predicted octanol–water partition coefficient (Wildman–Crippen LogP) is -0.0952. The van der Waals surface area contributed by atoms with Gasteiger partial charge in [0.15, 0.2) is 9.84 Å². The molecule has 0 aliphatic carbocycles. The Labute approximate surface area is 130 Å². The number of amides is 3. The molecule has 0 bridgehead atoms. The highest BCUT2D eigenvalue weighted by atomic mass is 32.2. The Morgan fingerprint density at radius 2 is 1.82 bits per heavy atom. The zero-order valence-electron chi connectivity index (χ0n) is 12.8. The van der Waals surface area contributed by atoms with E-state index in [2.05, 4.69) is 5.32 Å².